The van der Waals surface area contributed by atoms with Crippen LogP contribution in [0.25, 0.3) is 0 Å². The van der Waals surface area contributed by atoms with Gasteiger partial charge in [0.25, 0.3) is 0 Å². The van der Waals surface area contributed by atoms with E-state index in [0.717, 1.165) is 18.5 Å². The molecule has 4 rings (SSSR count). The van der Waals surface area contributed by atoms with Crippen molar-refractivity contribution in [2.45, 2.75) is 36.9 Å². The Balaban J connectivity index is 1.23. The Morgan fingerprint density at radius 1 is 1.03 bits per heavy atom. The molecule has 1 aromatic carbocycles. The summed E-state index contributed by atoms with van der Waals surface area (Å²) in [6.07, 6.45) is 4.60. The molecule has 29 heavy (non-hydrogen) atoms. The van der Waals surface area contributed by atoms with Crippen LogP contribution in [0.4, 0.5) is 10.5 Å². The maximum atomic E-state index is 12.6. The summed E-state index contributed by atoms with van der Waals surface area (Å²) in [7, 11) is 0. The van der Waals surface area contributed by atoms with E-state index in [1.165, 1.54) is 24.6 Å². The summed E-state index contributed by atoms with van der Waals surface area (Å²) >= 11 is 1.39. The van der Waals surface area contributed by atoms with Crippen molar-refractivity contribution in [2.75, 3.05) is 37.2 Å². The molecular weight excluding hydrogens is 390 g/mol. The highest BCUT2D eigenvalue weighted by atomic mass is 32.2. The summed E-state index contributed by atoms with van der Waals surface area (Å²) in [4.78, 5) is 28.5. The highest BCUT2D eigenvalue weighted by Crippen LogP contribution is 2.31. The van der Waals surface area contributed by atoms with Gasteiger partial charge in [-0.15, -0.1) is 5.10 Å². The Labute approximate surface area is 173 Å². The fraction of sp³-hybridized carbons (Fsp3) is 0.526. The van der Waals surface area contributed by atoms with Gasteiger partial charge in [-0.3, -0.25) is 4.79 Å². The topological polar surface area (TPSA) is 96.2 Å². The zero-order valence-corrected chi connectivity index (χ0v) is 17.1. The molecule has 1 N–H and O–H groups in total. The van der Waals surface area contributed by atoms with Gasteiger partial charge in [-0.1, -0.05) is 42.8 Å². The summed E-state index contributed by atoms with van der Waals surface area (Å²) < 4.78 is 1.87. The van der Waals surface area contributed by atoms with Crippen LogP contribution in [0.1, 0.15) is 31.7 Å². The second-order valence-electron chi connectivity index (χ2n) is 7.30. The number of thioether (sulfide) groups is 1. The fourth-order valence-electron chi connectivity index (χ4n) is 3.76. The molecule has 0 spiro atoms. The van der Waals surface area contributed by atoms with E-state index >= 15 is 0 Å². The van der Waals surface area contributed by atoms with E-state index < -0.39 is 0 Å². The van der Waals surface area contributed by atoms with E-state index in [2.05, 4.69) is 20.8 Å². The summed E-state index contributed by atoms with van der Waals surface area (Å²) in [5, 5.41) is 15.6. The van der Waals surface area contributed by atoms with Gasteiger partial charge in [-0.2, -0.15) is 0 Å². The van der Waals surface area contributed by atoms with Crippen LogP contribution in [0.3, 0.4) is 0 Å². The van der Waals surface area contributed by atoms with Gasteiger partial charge in [-0.25, -0.2) is 9.48 Å². The van der Waals surface area contributed by atoms with Crippen LogP contribution in [-0.2, 0) is 4.79 Å². The standard InChI is InChI=1S/C19H25N7O2S/c27-17(14-29-19-21-22-23-26(19)16-8-4-5-9-16)24-10-12-25(13-11-24)18(28)20-15-6-2-1-3-7-15/h1-3,6-7,16H,4-5,8-14H2,(H,20,28). The van der Waals surface area contributed by atoms with Crippen molar-refractivity contribution in [1.29, 1.82) is 0 Å². The molecule has 9 nitrogen and oxygen atoms in total. The number of piperazine rings is 1. The lowest BCUT2D eigenvalue weighted by molar-refractivity contribution is -0.129. The molecule has 0 bridgehead atoms. The third-order valence-electron chi connectivity index (χ3n) is 5.40. The average Bonchev–Trinajstić information content (AvgIpc) is 3.44. The molecule has 1 saturated heterocycles. The van der Waals surface area contributed by atoms with Crippen molar-refractivity contribution in [3.63, 3.8) is 0 Å². The van der Waals surface area contributed by atoms with Crippen LogP contribution >= 0.6 is 11.8 Å². The van der Waals surface area contributed by atoms with Crippen molar-refractivity contribution in [1.82, 2.24) is 30.0 Å². The van der Waals surface area contributed by atoms with Gasteiger partial charge in [0.2, 0.25) is 11.1 Å². The molecule has 0 unspecified atom stereocenters. The maximum Gasteiger partial charge on any atom is 0.321 e. The Kier molecular flexibility index (Phi) is 6.28. The number of amides is 3. The number of benzene rings is 1. The molecule has 154 valence electrons. The van der Waals surface area contributed by atoms with Crippen LogP contribution < -0.4 is 5.32 Å². The Bertz CT molecular complexity index is 830. The van der Waals surface area contributed by atoms with Gasteiger partial charge < -0.3 is 15.1 Å². The highest BCUT2D eigenvalue weighted by Gasteiger charge is 2.26. The van der Waals surface area contributed by atoms with Crippen LogP contribution in [0, 0.1) is 0 Å². The first kappa shape index (κ1) is 19.7. The molecule has 0 radical (unpaired) electrons. The molecule has 1 aliphatic carbocycles. The Hall–Kier alpha value is -2.62. The van der Waals surface area contributed by atoms with Crippen molar-refractivity contribution in [3.05, 3.63) is 30.3 Å². The minimum Gasteiger partial charge on any atom is -0.338 e. The Morgan fingerprint density at radius 2 is 1.72 bits per heavy atom. The number of para-hydroxylation sites is 1. The second-order valence-corrected chi connectivity index (χ2v) is 8.24. The first-order chi connectivity index (χ1) is 14.2. The number of anilines is 1. The van der Waals surface area contributed by atoms with E-state index in [1.807, 2.05) is 39.9 Å². The lowest BCUT2D eigenvalue weighted by Crippen LogP contribution is -2.52. The zero-order valence-electron chi connectivity index (χ0n) is 16.2. The molecule has 2 fully saturated rings. The second kappa shape index (κ2) is 9.25. The number of nitrogens with one attached hydrogen (secondary N) is 1. The van der Waals surface area contributed by atoms with E-state index in [-0.39, 0.29) is 11.9 Å². The first-order valence-corrected chi connectivity index (χ1v) is 11.0. The summed E-state index contributed by atoms with van der Waals surface area (Å²) in [5.41, 5.74) is 0.771. The largest absolute Gasteiger partial charge is 0.338 e. The number of tetrazole rings is 1. The van der Waals surface area contributed by atoms with Crippen molar-refractivity contribution >= 4 is 29.4 Å². The molecular formula is C19H25N7O2S. The minimum atomic E-state index is -0.131. The number of rotatable bonds is 5. The molecule has 1 saturated carbocycles. The SMILES string of the molecule is O=C(CSc1nnnn1C1CCCC1)N1CCN(C(=O)Nc2ccccc2)CC1. The average molecular weight is 416 g/mol. The third kappa shape index (κ3) is 4.87. The van der Waals surface area contributed by atoms with Crippen molar-refractivity contribution in [2.24, 2.45) is 0 Å². The van der Waals surface area contributed by atoms with Crippen LogP contribution in [-0.4, -0.2) is 73.9 Å². The monoisotopic (exact) mass is 415 g/mol. The molecule has 2 heterocycles. The summed E-state index contributed by atoms with van der Waals surface area (Å²) in [5.74, 6) is 0.364. The zero-order chi connectivity index (χ0) is 20.1. The highest BCUT2D eigenvalue weighted by molar-refractivity contribution is 7.99. The van der Waals surface area contributed by atoms with E-state index in [0.29, 0.717) is 43.1 Å². The quantitative estimate of drug-likeness (QED) is 0.753. The number of hydrogen-bond acceptors (Lipinski definition) is 6. The van der Waals surface area contributed by atoms with Gasteiger partial charge in [0.15, 0.2) is 0 Å². The minimum absolute atomic E-state index is 0.0547. The lowest BCUT2D eigenvalue weighted by Gasteiger charge is -2.34. The van der Waals surface area contributed by atoms with Crippen LogP contribution in [0.15, 0.2) is 35.5 Å². The summed E-state index contributed by atoms with van der Waals surface area (Å²) in [6.45, 7) is 2.12. The van der Waals surface area contributed by atoms with Crippen molar-refractivity contribution < 1.29 is 9.59 Å². The lowest BCUT2D eigenvalue weighted by atomic mass is 10.3. The molecule has 1 aromatic heterocycles. The smallest absolute Gasteiger partial charge is 0.321 e. The number of aromatic nitrogens is 4. The number of urea groups is 1. The van der Waals surface area contributed by atoms with E-state index in [1.54, 1.807) is 4.90 Å². The molecule has 3 amide bonds. The van der Waals surface area contributed by atoms with Crippen molar-refractivity contribution in [3.8, 4) is 0 Å². The van der Waals surface area contributed by atoms with E-state index in [4.69, 9.17) is 0 Å². The molecule has 0 atom stereocenters. The van der Waals surface area contributed by atoms with Gasteiger partial charge >= 0.3 is 6.03 Å². The van der Waals surface area contributed by atoms with E-state index in [9.17, 15) is 9.59 Å². The molecule has 2 aromatic rings. The normalized spacial score (nSPS) is 17.5. The Morgan fingerprint density at radius 3 is 2.45 bits per heavy atom. The van der Waals surface area contributed by atoms with Gasteiger partial charge in [-0.05, 0) is 35.4 Å². The number of carbonyl (C=O) groups excluding carboxylic acids is 2. The predicted octanol–water partition coefficient (Wildman–Crippen LogP) is 2.26. The van der Waals surface area contributed by atoms with Crippen LogP contribution in [0.5, 0.6) is 0 Å². The predicted molar refractivity (Wildman–Crippen MR) is 110 cm³/mol. The number of hydrogen-bond donors (Lipinski definition) is 1. The molecule has 2 aliphatic rings. The summed E-state index contributed by atoms with van der Waals surface area (Å²) in [6, 6.07) is 9.61. The van der Waals surface area contributed by atoms with Gasteiger partial charge in [0.05, 0.1) is 11.8 Å². The van der Waals surface area contributed by atoms with Gasteiger partial charge in [0, 0.05) is 31.9 Å². The van der Waals surface area contributed by atoms with Gasteiger partial charge in [0.1, 0.15) is 0 Å². The molecule has 1 aliphatic heterocycles. The van der Waals surface area contributed by atoms with Crippen LogP contribution in [0.2, 0.25) is 0 Å². The number of carbonyl (C=O) groups is 2. The molecule has 10 heteroatoms. The first-order valence-electron chi connectivity index (χ1n) is 10.00. The maximum absolute atomic E-state index is 12.6. The fourth-order valence-corrected chi connectivity index (χ4v) is 4.61. The third-order valence-corrected chi connectivity index (χ3v) is 6.32. The number of nitrogens with zero attached hydrogens (tertiary/aromatic N) is 6.